The number of nitrogens with two attached hydrogens (primary N) is 1. The molecule has 2 amide bonds. The zero-order valence-electron chi connectivity index (χ0n) is 13.8. The zero-order valence-corrected chi connectivity index (χ0v) is 13.8. The van der Waals surface area contributed by atoms with Crippen molar-refractivity contribution in [3.05, 3.63) is 65.8 Å². The third-order valence-corrected chi connectivity index (χ3v) is 3.72. The van der Waals surface area contributed by atoms with Crippen molar-refractivity contribution in [1.29, 1.82) is 0 Å². The Morgan fingerprint density at radius 3 is 2.88 bits per heavy atom. The number of dihydropyridines is 1. The second-order valence-electron chi connectivity index (χ2n) is 5.68. The first kappa shape index (κ1) is 17.3. The minimum atomic E-state index is -0.685. The Bertz CT molecular complexity index is 880. The molecule has 2 N–H and O–H groups in total. The molecule has 132 valence electrons. The number of allylic oxidation sites excluding steroid dienone is 3. The molecule has 1 aromatic rings. The Labute approximate surface area is 149 Å². The molecule has 0 spiro atoms. The molecule has 0 aromatic heterocycles. The minimum absolute atomic E-state index is 0.0256. The fraction of sp³-hybridized carbons (Fsp3) is 0.158. The summed E-state index contributed by atoms with van der Waals surface area (Å²) in [6.07, 6.45) is 8.62. The molecule has 26 heavy (non-hydrogen) atoms. The average molecular weight is 352 g/mol. The lowest BCUT2D eigenvalue weighted by molar-refractivity contribution is -0.137. The Balaban J connectivity index is 1.62. The van der Waals surface area contributed by atoms with Crippen LogP contribution in [0, 0.1) is 5.92 Å². The second-order valence-corrected chi connectivity index (χ2v) is 5.68. The molecule has 3 rings (SSSR count). The van der Waals surface area contributed by atoms with E-state index in [-0.39, 0.29) is 18.9 Å². The number of amides is 2. The van der Waals surface area contributed by atoms with Gasteiger partial charge in [0.2, 0.25) is 0 Å². The van der Waals surface area contributed by atoms with E-state index in [9.17, 15) is 14.4 Å². The molecule has 1 heterocycles. The van der Waals surface area contributed by atoms with Gasteiger partial charge in [-0.05, 0) is 29.3 Å². The number of nitrogens with zero attached hydrogens (tertiary/aromatic N) is 1. The van der Waals surface area contributed by atoms with Crippen LogP contribution in [-0.2, 0) is 25.7 Å². The SMILES string of the molecule is NC(=O)COc1cccc(COC(=O)C2=NC(=O)C3C=CC=CC3=C2)c1. The average Bonchev–Trinajstić information content (AvgIpc) is 2.65. The summed E-state index contributed by atoms with van der Waals surface area (Å²) in [6, 6.07) is 6.73. The van der Waals surface area contributed by atoms with Crippen molar-refractivity contribution in [3.63, 3.8) is 0 Å². The van der Waals surface area contributed by atoms with E-state index in [0.29, 0.717) is 16.9 Å². The summed E-state index contributed by atoms with van der Waals surface area (Å²) >= 11 is 0. The van der Waals surface area contributed by atoms with E-state index in [2.05, 4.69) is 4.99 Å². The van der Waals surface area contributed by atoms with Crippen LogP contribution in [-0.4, -0.2) is 30.1 Å². The third-order valence-electron chi connectivity index (χ3n) is 3.72. The number of fused-ring (bicyclic) bond motifs is 1. The number of benzene rings is 1. The molecule has 0 saturated heterocycles. The quantitative estimate of drug-likeness (QED) is 0.775. The van der Waals surface area contributed by atoms with Crippen molar-refractivity contribution in [3.8, 4) is 5.75 Å². The number of aliphatic imine (C=N–C) groups is 1. The molecular weight excluding hydrogens is 336 g/mol. The summed E-state index contributed by atoms with van der Waals surface area (Å²) in [4.78, 5) is 38.8. The molecule has 1 atom stereocenters. The van der Waals surface area contributed by atoms with Crippen LogP contribution in [0.25, 0.3) is 0 Å². The van der Waals surface area contributed by atoms with Gasteiger partial charge in [0.15, 0.2) is 12.3 Å². The van der Waals surface area contributed by atoms with E-state index >= 15 is 0 Å². The topological polar surface area (TPSA) is 108 Å². The predicted molar refractivity (Wildman–Crippen MR) is 93.2 cm³/mol. The highest BCUT2D eigenvalue weighted by atomic mass is 16.5. The van der Waals surface area contributed by atoms with Crippen molar-refractivity contribution >= 4 is 23.5 Å². The van der Waals surface area contributed by atoms with Gasteiger partial charge < -0.3 is 15.2 Å². The lowest BCUT2D eigenvalue weighted by Crippen LogP contribution is -2.26. The number of hydrogen-bond acceptors (Lipinski definition) is 5. The number of hydrogen-bond donors (Lipinski definition) is 1. The van der Waals surface area contributed by atoms with E-state index in [1.165, 1.54) is 0 Å². The molecule has 7 nitrogen and oxygen atoms in total. The van der Waals surface area contributed by atoms with Gasteiger partial charge in [-0.25, -0.2) is 9.79 Å². The second kappa shape index (κ2) is 7.60. The Morgan fingerprint density at radius 1 is 1.23 bits per heavy atom. The number of ether oxygens (including phenoxy) is 2. The Kier molecular flexibility index (Phi) is 5.07. The van der Waals surface area contributed by atoms with E-state index in [1.807, 2.05) is 0 Å². The van der Waals surface area contributed by atoms with Crippen molar-refractivity contribution in [2.24, 2.45) is 16.6 Å². The summed E-state index contributed by atoms with van der Waals surface area (Å²) in [6.45, 7) is -0.263. The maximum Gasteiger partial charge on any atom is 0.357 e. The number of esters is 1. The molecular formula is C19H16N2O5. The maximum atomic E-state index is 12.2. The Morgan fingerprint density at radius 2 is 2.08 bits per heavy atom. The molecule has 1 aliphatic heterocycles. The van der Waals surface area contributed by atoms with Crippen LogP contribution in [0.15, 0.2) is 65.2 Å². The molecule has 0 bridgehead atoms. The predicted octanol–water partition coefficient (Wildman–Crippen LogP) is 1.24. The third kappa shape index (κ3) is 4.13. The number of carbonyl (C=O) groups excluding carboxylic acids is 3. The monoisotopic (exact) mass is 352 g/mol. The summed E-state index contributed by atoms with van der Waals surface area (Å²) in [5.74, 6) is -1.66. The highest BCUT2D eigenvalue weighted by Crippen LogP contribution is 2.24. The number of primary amides is 1. The van der Waals surface area contributed by atoms with Crippen LogP contribution < -0.4 is 10.5 Å². The maximum absolute atomic E-state index is 12.2. The van der Waals surface area contributed by atoms with Crippen molar-refractivity contribution in [2.75, 3.05) is 6.61 Å². The van der Waals surface area contributed by atoms with Crippen molar-refractivity contribution in [1.82, 2.24) is 0 Å². The lowest BCUT2D eigenvalue weighted by Gasteiger charge is -2.18. The lowest BCUT2D eigenvalue weighted by atomic mass is 9.91. The van der Waals surface area contributed by atoms with E-state index < -0.39 is 23.7 Å². The fourth-order valence-electron chi connectivity index (χ4n) is 2.50. The minimum Gasteiger partial charge on any atom is -0.484 e. The first-order valence-corrected chi connectivity index (χ1v) is 7.89. The van der Waals surface area contributed by atoms with Gasteiger partial charge >= 0.3 is 5.97 Å². The summed E-state index contributed by atoms with van der Waals surface area (Å²) in [7, 11) is 0. The van der Waals surface area contributed by atoms with Gasteiger partial charge in [-0.2, -0.15) is 0 Å². The standard InChI is InChI=1S/C19H16N2O5/c20-17(22)11-25-14-6-3-4-12(8-14)10-26-19(24)16-9-13-5-1-2-7-15(13)18(23)21-16/h1-9,15H,10-11H2,(H2,20,22). The fourth-order valence-corrected chi connectivity index (χ4v) is 2.50. The van der Waals surface area contributed by atoms with Crippen LogP contribution in [0.1, 0.15) is 5.56 Å². The zero-order chi connectivity index (χ0) is 18.5. The van der Waals surface area contributed by atoms with E-state index in [1.54, 1.807) is 54.6 Å². The first-order chi connectivity index (χ1) is 12.5. The summed E-state index contributed by atoms with van der Waals surface area (Å²) < 4.78 is 10.4. The highest BCUT2D eigenvalue weighted by Gasteiger charge is 2.27. The largest absolute Gasteiger partial charge is 0.484 e. The van der Waals surface area contributed by atoms with Crippen LogP contribution in [0.4, 0.5) is 0 Å². The van der Waals surface area contributed by atoms with Crippen LogP contribution in [0.5, 0.6) is 5.75 Å². The molecule has 7 heteroatoms. The molecule has 0 radical (unpaired) electrons. The van der Waals surface area contributed by atoms with Crippen LogP contribution in [0.2, 0.25) is 0 Å². The smallest absolute Gasteiger partial charge is 0.357 e. The van der Waals surface area contributed by atoms with Crippen molar-refractivity contribution in [2.45, 2.75) is 6.61 Å². The van der Waals surface area contributed by atoms with Gasteiger partial charge in [0.1, 0.15) is 12.4 Å². The van der Waals surface area contributed by atoms with E-state index in [0.717, 1.165) is 0 Å². The molecule has 2 aliphatic rings. The van der Waals surface area contributed by atoms with E-state index in [4.69, 9.17) is 15.2 Å². The normalized spacial score (nSPS) is 17.8. The van der Waals surface area contributed by atoms with Crippen molar-refractivity contribution < 1.29 is 23.9 Å². The Hall–Kier alpha value is -3.48. The molecule has 1 aromatic carbocycles. The van der Waals surface area contributed by atoms with Gasteiger partial charge in [0.05, 0.1) is 5.92 Å². The van der Waals surface area contributed by atoms with Gasteiger partial charge in [0.25, 0.3) is 11.8 Å². The first-order valence-electron chi connectivity index (χ1n) is 7.89. The van der Waals surface area contributed by atoms with Gasteiger partial charge in [-0.15, -0.1) is 0 Å². The summed E-state index contributed by atoms with van der Waals surface area (Å²) in [5.41, 5.74) is 6.37. The molecule has 0 fully saturated rings. The van der Waals surface area contributed by atoms with Gasteiger partial charge in [-0.1, -0.05) is 36.4 Å². The summed E-state index contributed by atoms with van der Waals surface area (Å²) in [5, 5.41) is 0. The van der Waals surface area contributed by atoms with Crippen LogP contribution in [0.3, 0.4) is 0 Å². The number of rotatable bonds is 6. The van der Waals surface area contributed by atoms with Gasteiger partial charge in [0, 0.05) is 0 Å². The van der Waals surface area contributed by atoms with Crippen LogP contribution >= 0.6 is 0 Å². The molecule has 1 unspecified atom stereocenters. The van der Waals surface area contributed by atoms with Gasteiger partial charge in [-0.3, -0.25) is 9.59 Å². The molecule has 1 aliphatic carbocycles. The molecule has 0 saturated carbocycles. The highest BCUT2D eigenvalue weighted by molar-refractivity contribution is 6.43. The number of carbonyl (C=O) groups is 3.